The molecule has 0 aliphatic heterocycles. The van der Waals surface area contributed by atoms with Crippen LogP contribution in [-0.2, 0) is 0 Å². The SMILES string of the molecule is C=C(C)/C(C)=C(CC=N/C=C\C)\C(C)=C/C.C=C(O)CC(CC)CC. The zero-order chi connectivity index (χ0) is 19.8. The van der Waals surface area contributed by atoms with Crippen LogP contribution < -0.4 is 0 Å². The third-order valence-electron chi connectivity index (χ3n) is 4.32. The number of aliphatic hydroxyl groups excluding tert-OH is 1. The molecule has 0 saturated heterocycles. The Labute approximate surface area is 156 Å². The van der Waals surface area contributed by atoms with Crippen LogP contribution in [0.4, 0.5) is 0 Å². The molecule has 0 amide bonds. The first-order valence-corrected chi connectivity index (χ1v) is 9.23. The molecule has 0 aliphatic carbocycles. The lowest BCUT2D eigenvalue weighted by atomic mass is 9.95. The average molecular weight is 346 g/mol. The minimum absolute atomic E-state index is 0.323. The van der Waals surface area contributed by atoms with E-state index in [2.05, 4.69) is 58.8 Å². The van der Waals surface area contributed by atoms with Crippen molar-refractivity contribution in [2.45, 2.75) is 74.1 Å². The van der Waals surface area contributed by atoms with Crippen molar-refractivity contribution < 1.29 is 5.11 Å². The molecule has 0 saturated carbocycles. The fraction of sp³-hybridized carbons (Fsp3) is 0.522. The van der Waals surface area contributed by atoms with Crippen LogP contribution >= 0.6 is 0 Å². The maximum atomic E-state index is 8.79. The normalized spacial score (nSPS) is 13.0. The lowest BCUT2D eigenvalue weighted by molar-refractivity contribution is 0.343. The summed E-state index contributed by atoms with van der Waals surface area (Å²) in [5.74, 6) is 0.950. The van der Waals surface area contributed by atoms with E-state index < -0.39 is 0 Å². The smallest absolute Gasteiger partial charge is 0.0853 e. The molecule has 0 atom stereocenters. The van der Waals surface area contributed by atoms with Crippen molar-refractivity contribution in [3.63, 3.8) is 0 Å². The Hall–Kier alpha value is -1.83. The predicted molar refractivity (Wildman–Crippen MR) is 115 cm³/mol. The Kier molecular flexibility index (Phi) is 15.9. The first-order valence-electron chi connectivity index (χ1n) is 9.23. The van der Waals surface area contributed by atoms with Gasteiger partial charge in [-0.2, -0.15) is 0 Å². The highest BCUT2D eigenvalue weighted by Crippen LogP contribution is 2.21. The first-order chi connectivity index (χ1) is 11.7. The van der Waals surface area contributed by atoms with Gasteiger partial charge in [0.25, 0.3) is 0 Å². The molecule has 0 spiro atoms. The molecular formula is C23H39NO. The molecule has 1 N–H and O–H groups in total. The van der Waals surface area contributed by atoms with Crippen molar-refractivity contribution in [3.05, 3.63) is 59.6 Å². The number of hydrogen-bond acceptors (Lipinski definition) is 2. The van der Waals surface area contributed by atoms with Crippen molar-refractivity contribution >= 4 is 6.21 Å². The number of nitrogens with zero attached hydrogens (tertiary/aromatic N) is 1. The van der Waals surface area contributed by atoms with Gasteiger partial charge in [-0.05, 0) is 51.7 Å². The van der Waals surface area contributed by atoms with Crippen LogP contribution in [0.1, 0.15) is 74.1 Å². The summed E-state index contributed by atoms with van der Waals surface area (Å²) in [7, 11) is 0. The fourth-order valence-electron chi connectivity index (χ4n) is 2.24. The van der Waals surface area contributed by atoms with Crippen LogP contribution in [0.25, 0.3) is 0 Å². The molecule has 0 unspecified atom stereocenters. The molecule has 0 radical (unpaired) electrons. The van der Waals surface area contributed by atoms with Crippen LogP contribution in [0, 0.1) is 5.92 Å². The summed E-state index contributed by atoms with van der Waals surface area (Å²) in [6, 6.07) is 0. The molecule has 0 aromatic rings. The Morgan fingerprint density at radius 3 is 1.96 bits per heavy atom. The van der Waals surface area contributed by atoms with Gasteiger partial charge < -0.3 is 5.11 Å². The van der Waals surface area contributed by atoms with E-state index in [9.17, 15) is 0 Å². The van der Waals surface area contributed by atoms with Crippen molar-refractivity contribution in [1.29, 1.82) is 0 Å². The molecular weight excluding hydrogens is 306 g/mol. The van der Waals surface area contributed by atoms with E-state index >= 15 is 0 Å². The molecule has 0 fully saturated rings. The number of hydrogen-bond donors (Lipinski definition) is 1. The van der Waals surface area contributed by atoms with E-state index in [0.29, 0.717) is 11.7 Å². The number of aliphatic hydroxyl groups is 1. The van der Waals surface area contributed by atoms with Gasteiger partial charge in [-0.15, -0.1) is 0 Å². The van der Waals surface area contributed by atoms with Gasteiger partial charge in [0.15, 0.2) is 0 Å². The molecule has 0 aliphatic rings. The highest BCUT2D eigenvalue weighted by molar-refractivity contribution is 5.65. The third kappa shape index (κ3) is 13.2. The maximum absolute atomic E-state index is 8.79. The van der Waals surface area contributed by atoms with Gasteiger partial charge in [-0.1, -0.05) is 63.1 Å². The van der Waals surface area contributed by atoms with E-state index in [4.69, 9.17) is 5.11 Å². The molecule has 2 nitrogen and oxygen atoms in total. The zero-order valence-corrected chi connectivity index (χ0v) is 17.5. The Bertz CT molecular complexity index is 514. The second-order valence-electron chi connectivity index (χ2n) is 6.33. The molecule has 0 bridgehead atoms. The van der Waals surface area contributed by atoms with Crippen LogP contribution in [0.15, 0.2) is 64.6 Å². The first kappa shape index (κ1) is 25.4. The number of allylic oxidation sites excluding steroid dienone is 7. The van der Waals surface area contributed by atoms with Gasteiger partial charge >= 0.3 is 0 Å². The third-order valence-corrected chi connectivity index (χ3v) is 4.32. The lowest BCUT2D eigenvalue weighted by Crippen LogP contribution is -1.97. The molecule has 0 aromatic heterocycles. The van der Waals surface area contributed by atoms with Crippen LogP contribution in [0.5, 0.6) is 0 Å². The number of aliphatic imine (C=N–C) groups is 1. The van der Waals surface area contributed by atoms with Crippen LogP contribution in [0.2, 0.25) is 0 Å². The Morgan fingerprint density at radius 1 is 1.08 bits per heavy atom. The summed E-state index contributed by atoms with van der Waals surface area (Å²) in [5, 5.41) is 8.79. The van der Waals surface area contributed by atoms with E-state index in [-0.39, 0.29) is 0 Å². The van der Waals surface area contributed by atoms with E-state index in [0.717, 1.165) is 31.3 Å². The second-order valence-corrected chi connectivity index (χ2v) is 6.33. The largest absolute Gasteiger partial charge is 0.513 e. The van der Waals surface area contributed by atoms with Crippen molar-refractivity contribution in [2.75, 3.05) is 0 Å². The van der Waals surface area contributed by atoms with Crippen LogP contribution in [-0.4, -0.2) is 11.3 Å². The Morgan fingerprint density at radius 2 is 1.64 bits per heavy atom. The zero-order valence-electron chi connectivity index (χ0n) is 17.5. The van der Waals surface area contributed by atoms with Gasteiger partial charge in [0.2, 0.25) is 0 Å². The maximum Gasteiger partial charge on any atom is 0.0853 e. The van der Waals surface area contributed by atoms with Crippen molar-refractivity contribution in [1.82, 2.24) is 0 Å². The summed E-state index contributed by atoms with van der Waals surface area (Å²) in [5.41, 5.74) is 5.01. The minimum Gasteiger partial charge on any atom is -0.513 e. The van der Waals surface area contributed by atoms with Gasteiger partial charge in [0.05, 0.1) is 5.76 Å². The molecule has 25 heavy (non-hydrogen) atoms. The van der Waals surface area contributed by atoms with Gasteiger partial charge in [0, 0.05) is 25.3 Å². The summed E-state index contributed by atoms with van der Waals surface area (Å²) in [6.07, 6.45) is 11.7. The summed E-state index contributed by atoms with van der Waals surface area (Å²) in [6.45, 7) is 22.0. The molecule has 0 rings (SSSR count). The number of rotatable bonds is 9. The quantitative estimate of drug-likeness (QED) is 0.259. The highest BCUT2D eigenvalue weighted by atomic mass is 16.3. The van der Waals surface area contributed by atoms with E-state index in [1.165, 1.54) is 16.7 Å². The highest BCUT2D eigenvalue weighted by Gasteiger charge is 2.04. The second kappa shape index (κ2) is 15.7. The molecule has 0 heterocycles. The van der Waals surface area contributed by atoms with E-state index in [1.807, 2.05) is 26.1 Å². The molecule has 142 valence electrons. The molecule has 2 heteroatoms. The summed E-state index contributed by atoms with van der Waals surface area (Å²) >= 11 is 0. The summed E-state index contributed by atoms with van der Waals surface area (Å²) in [4.78, 5) is 4.19. The fourth-order valence-corrected chi connectivity index (χ4v) is 2.24. The topological polar surface area (TPSA) is 32.6 Å². The predicted octanol–water partition coefficient (Wildman–Crippen LogP) is 7.72. The van der Waals surface area contributed by atoms with E-state index in [1.54, 1.807) is 6.20 Å². The Balaban J connectivity index is 0. The van der Waals surface area contributed by atoms with Crippen molar-refractivity contribution in [2.24, 2.45) is 10.9 Å². The van der Waals surface area contributed by atoms with Gasteiger partial charge in [-0.25, -0.2) is 0 Å². The van der Waals surface area contributed by atoms with Crippen molar-refractivity contribution in [3.8, 4) is 0 Å². The summed E-state index contributed by atoms with van der Waals surface area (Å²) < 4.78 is 0. The monoisotopic (exact) mass is 345 g/mol. The van der Waals surface area contributed by atoms with Crippen LogP contribution in [0.3, 0.4) is 0 Å². The minimum atomic E-state index is 0.323. The lowest BCUT2D eigenvalue weighted by Gasteiger charge is -2.10. The standard InChI is InChI=1S/C15H23N.C8H16O/c1-7-10-16-11-9-15(13(5)8-2)14(6)12(3)4;1-4-8(5-2)6-7(3)9/h7-8,10-11H,3,9H2,1-2,4-6H3;8-9H,3-6H2,1-2H3/b10-7-,13-8-,15-14-,16-11?;. The van der Waals surface area contributed by atoms with Gasteiger partial charge in [-0.3, -0.25) is 4.99 Å². The van der Waals surface area contributed by atoms with Gasteiger partial charge in [0.1, 0.15) is 0 Å². The average Bonchev–Trinajstić information content (AvgIpc) is 2.58. The molecule has 0 aromatic carbocycles.